The minimum Gasteiger partial charge on any atom is -0.364 e. The van der Waals surface area contributed by atoms with Gasteiger partial charge in [0.2, 0.25) is 5.78 Å². The summed E-state index contributed by atoms with van der Waals surface area (Å²) in [5.41, 5.74) is 3.06. The van der Waals surface area contributed by atoms with Crippen LogP contribution < -0.4 is 0 Å². The van der Waals surface area contributed by atoms with E-state index in [2.05, 4.69) is 17.1 Å². The van der Waals surface area contributed by atoms with Gasteiger partial charge in [-0.1, -0.05) is 18.2 Å². The third kappa shape index (κ3) is 1.44. The molecular weight excluding hydrogens is 218 g/mol. The van der Waals surface area contributed by atoms with Crippen LogP contribution in [-0.4, -0.2) is 10.8 Å². The number of fused-ring (bicyclic) bond motifs is 1. The summed E-state index contributed by atoms with van der Waals surface area (Å²) in [4.78, 5) is 16.2. The summed E-state index contributed by atoms with van der Waals surface area (Å²) in [7, 11) is 0. The number of carbonyl (C=O) groups is 1. The number of aromatic amines is 1. The Morgan fingerprint density at radius 1 is 1.44 bits per heavy atom. The quantitative estimate of drug-likeness (QED) is 0.788. The Bertz CT molecular complexity index is 549. The number of hydrogen-bond acceptors (Lipinski definition) is 2. The molecule has 2 heterocycles. The molecule has 3 heteroatoms. The molecule has 0 atom stereocenters. The fraction of sp³-hybridized carbons (Fsp3) is 0.154. The number of nitrogens with one attached hydrogen (secondary N) is 1. The molecule has 0 saturated heterocycles. The van der Waals surface area contributed by atoms with Gasteiger partial charge in [0, 0.05) is 23.0 Å². The van der Waals surface area contributed by atoms with Gasteiger partial charge in [-0.3, -0.25) is 4.79 Å². The summed E-state index contributed by atoms with van der Waals surface area (Å²) in [6.07, 6.45) is 8.07. The van der Waals surface area contributed by atoms with E-state index in [1.165, 1.54) is 17.0 Å². The van der Waals surface area contributed by atoms with Crippen LogP contribution in [0, 0.1) is 0 Å². The van der Waals surface area contributed by atoms with E-state index in [1.807, 2.05) is 23.7 Å². The van der Waals surface area contributed by atoms with Gasteiger partial charge in [0.05, 0.1) is 4.88 Å². The summed E-state index contributed by atoms with van der Waals surface area (Å²) < 4.78 is 0. The highest BCUT2D eigenvalue weighted by molar-refractivity contribution is 7.12. The molecule has 0 saturated carbocycles. The van der Waals surface area contributed by atoms with Crippen LogP contribution in [0.1, 0.15) is 32.9 Å². The Morgan fingerprint density at radius 3 is 3.19 bits per heavy atom. The highest BCUT2D eigenvalue weighted by Gasteiger charge is 2.18. The van der Waals surface area contributed by atoms with Crippen molar-refractivity contribution in [3.8, 4) is 0 Å². The summed E-state index contributed by atoms with van der Waals surface area (Å²) in [5, 5.41) is 1.93. The van der Waals surface area contributed by atoms with Gasteiger partial charge in [-0.25, -0.2) is 0 Å². The average Bonchev–Trinajstić information content (AvgIpc) is 2.98. The molecule has 0 bridgehead atoms. The van der Waals surface area contributed by atoms with E-state index >= 15 is 0 Å². The molecule has 0 aliphatic heterocycles. The zero-order valence-electron chi connectivity index (χ0n) is 8.69. The van der Waals surface area contributed by atoms with Gasteiger partial charge in [-0.2, -0.15) is 0 Å². The van der Waals surface area contributed by atoms with Crippen LogP contribution in [0.4, 0.5) is 0 Å². The van der Waals surface area contributed by atoms with Crippen LogP contribution in [0.15, 0.2) is 29.8 Å². The largest absolute Gasteiger partial charge is 0.364 e. The molecule has 1 N–H and O–H groups in total. The molecule has 80 valence electrons. The molecule has 1 aliphatic rings. The molecule has 1 aliphatic carbocycles. The minimum atomic E-state index is 0.124. The third-order valence-electron chi connectivity index (χ3n) is 2.84. The number of rotatable bonds is 2. The average molecular weight is 229 g/mol. The highest BCUT2D eigenvalue weighted by atomic mass is 32.1. The van der Waals surface area contributed by atoms with Crippen LogP contribution in [0.5, 0.6) is 0 Å². The number of aryl methyl sites for hydroxylation is 1. The number of thiophene rings is 1. The molecule has 0 radical (unpaired) electrons. The molecule has 16 heavy (non-hydrogen) atoms. The van der Waals surface area contributed by atoms with Gasteiger partial charge >= 0.3 is 0 Å². The van der Waals surface area contributed by atoms with Crippen molar-refractivity contribution in [3.63, 3.8) is 0 Å². The van der Waals surface area contributed by atoms with Crippen molar-refractivity contribution in [2.45, 2.75) is 12.8 Å². The van der Waals surface area contributed by atoms with E-state index in [9.17, 15) is 4.79 Å². The van der Waals surface area contributed by atoms with Gasteiger partial charge in [0.15, 0.2) is 0 Å². The van der Waals surface area contributed by atoms with Crippen LogP contribution in [0.2, 0.25) is 0 Å². The second kappa shape index (κ2) is 3.76. The number of carbonyl (C=O) groups excluding carboxylic acids is 1. The Kier molecular flexibility index (Phi) is 2.26. The first-order chi connectivity index (χ1) is 7.86. The predicted octanol–water partition coefficient (Wildman–Crippen LogP) is 3.27. The van der Waals surface area contributed by atoms with Crippen LogP contribution in [0.3, 0.4) is 0 Å². The van der Waals surface area contributed by atoms with Gasteiger partial charge in [-0.15, -0.1) is 11.3 Å². The van der Waals surface area contributed by atoms with Crippen molar-refractivity contribution in [2.24, 2.45) is 0 Å². The Labute approximate surface area is 97.6 Å². The smallest absolute Gasteiger partial charge is 0.205 e. The van der Waals surface area contributed by atoms with E-state index in [4.69, 9.17) is 0 Å². The van der Waals surface area contributed by atoms with Gasteiger partial charge in [-0.05, 0) is 24.3 Å². The van der Waals surface area contributed by atoms with E-state index < -0.39 is 0 Å². The second-order valence-electron chi connectivity index (χ2n) is 3.84. The monoisotopic (exact) mass is 229 g/mol. The fourth-order valence-electron chi connectivity index (χ4n) is 2.03. The molecule has 3 rings (SSSR count). The number of ketones is 1. The fourth-order valence-corrected chi connectivity index (χ4v) is 2.71. The van der Waals surface area contributed by atoms with Crippen molar-refractivity contribution < 1.29 is 4.79 Å². The first kappa shape index (κ1) is 9.60. The van der Waals surface area contributed by atoms with Crippen LogP contribution in [-0.2, 0) is 6.42 Å². The number of H-pyrrole nitrogens is 1. The highest BCUT2D eigenvalue weighted by Crippen LogP contribution is 2.25. The Morgan fingerprint density at radius 2 is 2.38 bits per heavy atom. The zero-order valence-corrected chi connectivity index (χ0v) is 9.51. The molecule has 0 unspecified atom stereocenters. The number of allylic oxidation sites excluding steroid dienone is 1. The third-order valence-corrected chi connectivity index (χ3v) is 3.71. The van der Waals surface area contributed by atoms with Crippen molar-refractivity contribution in [2.75, 3.05) is 0 Å². The van der Waals surface area contributed by atoms with E-state index in [1.54, 1.807) is 0 Å². The van der Waals surface area contributed by atoms with E-state index in [0.717, 1.165) is 28.8 Å². The molecule has 2 nitrogen and oxygen atoms in total. The Hall–Kier alpha value is -1.61. The van der Waals surface area contributed by atoms with Crippen LogP contribution >= 0.6 is 11.3 Å². The second-order valence-corrected chi connectivity index (χ2v) is 4.79. The number of hydrogen-bond donors (Lipinski definition) is 1. The van der Waals surface area contributed by atoms with E-state index in [0.29, 0.717) is 0 Å². The maximum Gasteiger partial charge on any atom is 0.205 e. The zero-order chi connectivity index (χ0) is 11.0. The lowest BCUT2D eigenvalue weighted by Gasteiger charge is -2.05. The summed E-state index contributed by atoms with van der Waals surface area (Å²) in [6.45, 7) is 0. The van der Waals surface area contributed by atoms with Crippen molar-refractivity contribution in [3.05, 3.63) is 51.5 Å². The van der Waals surface area contributed by atoms with Crippen molar-refractivity contribution >= 4 is 23.2 Å². The van der Waals surface area contributed by atoms with Crippen LogP contribution in [0.25, 0.3) is 6.08 Å². The molecular formula is C13H11NOS. The molecule has 0 spiro atoms. The minimum absolute atomic E-state index is 0.124. The predicted molar refractivity (Wildman–Crippen MR) is 65.9 cm³/mol. The molecule has 0 fully saturated rings. The van der Waals surface area contributed by atoms with Gasteiger partial charge in [0.1, 0.15) is 0 Å². The topological polar surface area (TPSA) is 32.9 Å². The molecule has 0 amide bonds. The lowest BCUT2D eigenvalue weighted by molar-refractivity contribution is 0.104. The summed E-state index contributed by atoms with van der Waals surface area (Å²) in [6, 6.07) is 3.78. The first-order valence-corrected chi connectivity index (χ1v) is 6.19. The van der Waals surface area contributed by atoms with Gasteiger partial charge in [0.25, 0.3) is 0 Å². The molecule has 2 aromatic rings. The maximum absolute atomic E-state index is 12.2. The van der Waals surface area contributed by atoms with Crippen molar-refractivity contribution in [1.82, 2.24) is 4.98 Å². The normalized spacial score (nSPS) is 13.8. The van der Waals surface area contributed by atoms with Gasteiger partial charge < -0.3 is 4.98 Å². The standard InChI is InChI=1S/C13H11NOS/c15-13(12-6-3-7-16-12)10-8-14-11-5-2-1-4-9(10)11/h1,3-4,6-8,14H,2,5H2. The summed E-state index contributed by atoms with van der Waals surface area (Å²) in [5.74, 6) is 0.124. The first-order valence-electron chi connectivity index (χ1n) is 5.31. The van der Waals surface area contributed by atoms with E-state index in [-0.39, 0.29) is 5.78 Å². The molecule has 0 aromatic carbocycles. The Balaban J connectivity index is 2.05. The molecule has 2 aromatic heterocycles. The lowest BCUT2D eigenvalue weighted by Crippen LogP contribution is -2.01. The maximum atomic E-state index is 12.2. The number of aromatic nitrogens is 1. The SMILES string of the molecule is O=C(c1cccs1)c1c[nH]c2c1C=CCC2. The van der Waals surface area contributed by atoms with Crippen molar-refractivity contribution in [1.29, 1.82) is 0 Å². The summed E-state index contributed by atoms with van der Waals surface area (Å²) >= 11 is 1.49. The lowest BCUT2D eigenvalue weighted by atomic mass is 9.99.